The van der Waals surface area contributed by atoms with Gasteiger partial charge >= 0.3 is 0 Å². The van der Waals surface area contributed by atoms with Crippen LogP contribution in [-0.4, -0.2) is 15.0 Å². The third kappa shape index (κ3) is 3.22. The number of anilines is 1. The van der Waals surface area contributed by atoms with Crippen LogP contribution in [0.25, 0.3) is 0 Å². The minimum Gasteiger partial charge on any atom is -0.361 e. The largest absolute Gasteiger partial charge is 0.361 e. The molecule has 2 heterocycles. The van der Waals surface area contributed by atoms with E-state index in [0.29, 0.717) is 11.0 Å². The molecule has 19 heavy (non-hydrogen) atoms. The Balaban J connectivity index is 2.21. The fraction of sp³-hybridized carbons (Fsp3) is 0.462. The van der Waals surface area contributed by atoms with E-state index >= 15 is 0 Å². The van der Waals surface area contributed by atoms with Crippen LogP contribution in [0.3, 0.4) is 0 Å². The van der Waals surface area contributed by atoms with E-state index in [1.807, 2.05) is 20.0 Å². The van der Waals surface area contributed by atoms with Crippen molar-refractivity contribution in [3.8, 4) is 0 Å². The smallest absolute Gasteiger partial charge is 0.137 e. The SMILES string of the molecule is CCc1cnc(C(C)Nc2nc(C)nc(Cl)c2C)s1. The van der Waals surface area contributed by atoms with Crippen LogP contribution in [0.2, 0.25) is 5.15 Å². The second-order valence-corrected chi connectivity index (χ2v) is 5.92. The monoisotopic (exact) mass is 296 g/mol. The van der Waals surface area contributed by atoms with Crippen molar-refractivity contribution in [2.45, 2.75) is 40.2 Å². The van der Waals surface area contributed by atoms with Crippen molar-refractivity contribution in [3.63, 3.8) is 0 Å². The summed E-state index contributed by atoms with van der Waals surface area (Å²) in [4.78, 5) is 14.3. The summed E-state index contributed by atoms with van der Waals surface area (Å²) < 4.78 is 0. The Kier molecular flexibility index (Phi) is 4.37. The Morgan fingerprint density at radius 3 is 2.74 bits per heavy atom. The lowest BCUT2D eigenvalue weighted by atomic mass is 10.3. The number of hydrogen-bond donors (Lipinski definition) is 1. The third-order valence-corrected chi connectivity index (χ3v) is 4.53. The maximum atomic E-state index is 6.07. The molecule has 0 aliphatic rings. The molecule has 1 atom stereocenters. The third-order valence-electron chi connectivity index (χ3n) is 2.84. The van der Waals surface area contributed by atoms with Crippen LogP contribution in [-0.2, 0) is 6.42 Å². The van der Waals surface area contributed by atoms with Gasteiger partial charge in [-0.15, -0.1) is 11.3 Å². The summed E-state index contributed by atoms with van der Waals surface area (Å²) in [6, 6.07) is 0.106. The van der Waals surface area contributed by atoms with Crippen molar-refractivity contribution in [2.75, 3.05) is 5.32 Å². The van der Waals surface area contributed by atoms with Gasteiger partial charge in [-0.2, -0.15) is 0 Å². The van der Waals surface area contributed by atoms with Gasteiger partial charge in [0.15, 0.2) is 0 Å². The average molecular weight is 297 g/mol. The zero-order chi connectivity index (χ0) is 14.0. The number of nitrogens with zero attached hydrogens (tertiary/aromatic N) is 3. The molecule has 2 aromatic heterocycles. The van der Waals surface area contributed by atoms with E-state index in [9.17, 15) is 0 Å². The topological polar surface area (TPSA) is 50.7 Å². The van der Waals surface area contributed by atoms with Crippen molar-refractivity contribution < 1.29 is 0 Å². The highest BCUT2D eigenvalue weighted by molar-refractivity contribution is 7.11. The van der Waals surface area contributed by atoms with E-state index < -0.39 is 0 Å². The average Bonchev–Trinajstić information content (AvgIpc) is 2.84. The normalized spacial score (nSPS) is 12.5. The predicted molar refractivity (Wildman–Crippen MR) is 80.0 cm³/mol. The van der Waals surface area contributed by atoms with Crippen molar-refractivity contribution in [2.24, 2.45) is 0 Å². The van der Waals surface area contributed by atoms with Crippen LogP contribution in [0.15, 0.2) is 6.20 Å². The summed E-state index contributed by atoms with van der Waals surface area (Å²) in [5, 5.41) is 4.91. The Morgan fingerprint density at radius 2 is 2.11 bits per heavy atom. The molecular weight excluding hydrogens is 280 g/mol. The second kappa shape index (κ2) is 5.84. The Labute approximate surface area is 122 Å². The number of rotatable bonds is 4. The minimum absolute atomic E-state index is 0.106. The standard InChI is InChI=1S/C13H17ClN4S/c1-5-10-6-15-13(19-10)8(3)16-12-7(2)11(14)17-9(4)18-12/h6,8H,5H2,1-4H3,(H,16,17,18). The lowest BCUT2D eigenvalue weighted by Gasteiger charge is -2.14. The van der Waals surface area contributed by atoms with E-state index in [1.54, 1.807) is 11.3 Å². The van der Waals surface area contributed by atoms with Crippen molar-refractivity contribution in [1.82, 2.24) is 15.0 Å². The first-order chi connectivity index (χ1) is 9.01. The second-order valence-electron chi connectivity index (χ2n) is 4.42. The van der Waals surface area contributed by atoms with E-state index in [4.69, 9.17) is 11.6 Å². The number of thiazole rings is 1. The van der Waals surface area contributed by atoms with Gasteiger partial charge in [-0.1, -0.05) is 18.5 Å². The van der Waals surface area contributed by atoms with Gasteiger partial charge in [0.2, 0.25) is 0 Å². The van der Waals surface area contributed by atoms with Crippen molar-refractivity contribution >= 4 is 28.8 Å². The summed E-state index contributed by atoms with van der Waals surface area (Å²) in [6.07, 6.45) is 2.95. The van der Waals surface area contributed by atoms with Gasteiger partial charge in [0.1, 0.15) is 21.8 Å². The molecule has 102 valence electrons. The first-order valence-corrected chi connectivity index (χ1v) is 7.42. The van der Waals surface area contributed by atoms with Gasteiger partial charge in [0.25, 0.3) is 0 Å². The molecule has 0 fully saturated rings. The van der Waals surface area contributed by atoms with Gasteiger partial charge in [0.05, 0.1) is 6.04 Å². The molecule has 0 radical (unpaired) electrons. The molecule has 2 rings (SSSR count). The van der Waals surface area contributed by atoms with Crippen LogP contribution in [0.5, 0.6) is 0 Å². The minimum atomic E-state index is 0.106. The molecule has 0 saturated carbocycles. The molecule has 0 aliphatic carbocycles. The fourth-order valence-electron chi connectivity index (χ4n) is 1.69. The lowest BCUT2D eigenvalue weighted by molar-refractivity contribution is 0.850. The number of aromatic nitrogens is 3. The van der Waals surface area contributed by atoms with Crippen LogP contribution in [0.4, 0.5) is 5.82 Å². The summed E-state index contributed by atoms with van der Waals surface area (Å²) >= 11 is 7.80. The molecule has 0 amide bonds. The molecule has 0 aliphatic heterocycles. The van der Waals surface area contributed by atoms with Crippen LogP contribution in [0.1, 0.15) is 41.2 Å². The van der Waals surface area contributed by atoms with Crippen molar-refractivity contribution in [3.05, 3.63) is 32.6 Å². The summed E-state index contributed by atoms with van der Waals surface area (Å²) in [7, 11) is 0. The van der Waals surface area contributed by atoms with Crippen LogP contribution < -0.4 is 5.32 Å². The fourth-order valence-corrected chi connectivity index (χ4v) is 2.76. The summed E-state index contributed by atoms with van der Waals surface area (Å²) in [5.74, 6) is 1.44. The Bertz CT molecular complexity index is 582. The molecule has 6 heteroatoms. The highest BCUT2D eigenvalue weighted by atomic mass is 35.5. The number of aryl methyl sites for hydroxylation is 2. The molecule has 0 bridgehead atoms. The van der Waals surface area contributed by atoms with Gasteiger partial charge < -0.3 is 5.32 Å². The number of halogens is 1. The highest BCUT2D eigenvalue weighted by Crippen LogP contribution is 2.26. The molecule has 0 spiro atoms. The molecular formula is C13H17ClN4S. The molecule has 1 unspecified atom stereocenters. The van der Waals surface area contributed by atoms with E-state index in [-0.39, 0.29) is 6.04 Å². The van der Waals surface area contributed by atoms with E-state index in [0.717, 1.165) is 22.8 Å². The summed E-state index contributed by atoms with van der Waals surface area (Å²) in [5.41, 5.74) is 0.867. The van der Waals surface area contributed by atoms with Crippen molar-refractivity contribution in [1.29, 1.82) is 0 Å². The Morgan fingerprint density at radius 1 is 1.37 bits per heavy atom. The Hall–Kier alpha value is -1.20. The van der Waals surface area contributed by atoms with Crippen LogP contribution in [0, 0.1) is 13.8 Å². The zero-order valence-corrected chi connectivity index (χ0v) is 13.1. The number of nitrogens with one attached hydrogen (secondary N) is 1. The quantitative estimate of drug-likeness (QED) is 0.868. The summed E-state index contributed by atoms with van der Waals surface area (Å²) in [6.45, 7) is 7.95. The first kappa shape index (κ1) is 14.2. The maximum absolute atomic E-state index is 6.07. The van der Waals surface area contributed by atoms with Gasteiger partial charge in [0, 0.05) is 16.6 Å². The first-order valence-electron chi connectivity index (χ1n) is 6.23. The zero-order valence-electron chi connectivity index (χ0n) is 11.5. The molecule has 2 aromatic rings. The molecule has 0 saturated heterocycles. The number of hydrogen-bond acceptors (Lipinski definition) is 5. The lowest BCUT2D eigenvalue weighted by Crippen LogP contribution is -2.10. The van der Waals surface area contributed by atoms with Gasteiger partial charge in [-0.3, -0.25) is 0 Å². The molecule has 1 N–H and O–H groups in total. The van der Waals surface area contributed by atoms with Gasteiger partial charge in [-0.25, -0.2) is 15.0 Å². The van der Waals surface area contributed by atoms with E-state index in [2.05, 4.69) is 34.1 Å². The highest BCUT2D eigenvalue weighted by Gasteiger charge is 2.14. The van der Waals surface area contributed by atoms with E-state index in [1.165, 1.54) is 4.88 Å². The molecule has 0 aromatic carbocycles. The maximum Gasteiger partial charge on any atom is 0.137 e. The predicted octanol–water partition coefficient (Wildman–Crippen LogP) is 3.94. The van der Waals surface area contributed by atoms with Crippen LogP contribution >= 0.6 is 22.9 Å². The molecule has 4 nitrogen and oxygen atoms in total. The van der Waals surface area contributed by atoms with Gasteiger partial charge in [-0.05, 0) is 27.2 Å².